The van der Waals surface area contributed by atoms with Crippen LogP contribution in [0.15, 0.2) is 61.1 Å². The molecule has 3 N–H and O–H groups in total. The first kappa shape index (κ1) is 19.9. The van der Waals surface area contributed by atoms with E-state index in [1.807, 2.05) is 31.2 Å². The van der Waals surface area contributed by atoms with E-state index in [1.54, 1.807) is 18.6 Å². The van der Waals surface area contributed by atoms with Crippen molar-refractivity contribution in [2.24, 2.45) is 0 Å². The molecule has 8 heteroatoms. The van der Waals surface area contributed by atoms with E-state index in [2.05, 4.69) is 20.3 Å². The van der Waals surface area contributed by atoms with Crippen LogP contribution in [-0.2, 0) is 0 Å². The Kier molecular flexibility index (Phi) is 4.89. The summed E-state index contributed by atoms with van der Waals surface area (Å²) in [6, 6.07) is 10.8. The second kappa shape index (κ2) is 7.88. The molecule has 1 aliphatic rings. The quantitative estimate of drug-likeness (QED) is 0.479. The van der Waals surface area contributed by atoms with Gasteiger partial charge in [0.15, 0.2) is 0 Å². The van der Waals surface area contributed by atoms with Crippen molar-refractivity contribution in [2.45, 2.75) is 13.0 Å². The zero-order valence-corrected chi connectivity index (χ0v) is 17.1. The van der Waals surface area contributed by atoms with E-state index in [-0.39, 0.29) is 18.1 Å². The minimum absolute atomic E-state index is 0.0236. The van der Waals surface area contributed by atoms with Crippen LogP contribution in [0.2, 0.25) is 0 Å². The largest absolute Gasteiger partial charge is 0.489 e. The fourth-order valence-corrected chi connectivity index (χ4v) is 3.82. The number of nitrogens with two attached hydrogens (primary N) is 1. The topological polar surface area (TPSA) is 86.0 Å². The summed E-state index contributed by atoms with van der Waals surface area (Å²) >= 11 is 0. The Morgan fingerprint density at radius 1 is 0.969 bits per heavy atom. The van der Waals surface area contributed by atoms with E-state index >= 15 is 0 Å². The van der Waals surface area contributed by atoms with Crippen molar-refractivity contribution < 1.29 is 13.5 Å². The lowest BCUT2D eigenvalue weighted by molar-refractivity contribution is 0.280. The lowest BCUT2D eigenvalue weighted by Crippen LogP contribution is -2.25. The number of hydrogen-bond acceptors (Lipinski definition) is 6. The van der Waals surface area contributed by atoms with Crippen molar-refractivity contribution in [1.29, 1.82) is 0 Å². The number of nitrogens with zero attached hydrogens (tertiary/aromatic N) is 3. The molecule has 0 aliphatic carbocycles. The fourth-order valence-electron chi connectivity index (χ4n) is 3.82. The monoisotopic (exact) mass is 431 g/mol. The minimum Gasteiger partial charge on any atom is -0.489 e. The summed E-state index contributed by atoms with van der Waals surface area (Å²) in [4.78, 5) is 12.6. The summed E-state index contributed by atoms with van der Waals surface area (Å²) in [5, 5.41) is 3.18. The molecule has 1 atom stereocenters. The normalized spacial score (nSPS) is 14.9. The SMILES string of the molecule is Cc1cc(-c2cnc(N)nc2)ncc1-c1ccc2c(c1)OCC(c1c(F)cccc1F)N2. The molecule has 1 unspecified atom stereocenters. The maximum absolute atomic E-state index is 14.2. The van der Waals surface area contributed by atoms with Gasteiger partial charge in [-0.05, 0) is 48.4 Å². The highest BCUT2D eigenvalue weighted by Gasteiger charge is 2.26. The number of nitrogens with one attached hydrogen (secondary N) is 1. The Bertz CT molecular complexity index is 1290. The van der Waals surface area contributed by atoms with E-state index in [4.69, 9.17) is 10.5 Å². The van der Waals surface area contributed by atoms with Crippen molar-refractivity contribution in [1.82, 2.24) is 15.0 Å². The average molecular weight is 431 g/mol. The highest BCUT2D eigenvalue weighted by molar-refractivity contribution is 5.75. The standard InChI is InChI=1S/C24H19F2N5O/c1-13-7-20(15-9-29-24(27)30-10-15)28-11-16(13)14-5-6-19-22(8-14)32-12-21(31-19)23-17(25)3-2-4-18(23)26/h2-11,21,31H,12H2,1H3,(H2,27,29,30). The molecule has 0 radical (unpaired) electrons. The number of rotatable bonds is 3. The van der Waals surface area contributed by atoms with Crippen molar-refractivity contribution >= 4 is 11.6 Å². The molecular weight excluding hydrogens is 412 g/mol. The maximum Gasteiger partial charge on any atom is 0.219 e. The van der Waals surface area contributed by atoms with E-state index < -0.39 is 17.7 Å². The first-order chi connectivity index (χ1) is 15.5. The van der Waals surface area contributed by atoms with Gasteiger partial charge in [-0.2, -0.15) is 0 Å². The van der Waals surface area contributed by atoms with Gasteiger partial charge in [0.2, 0.25) is 5.95 Å². The van der Waals surface area contributed by atoms with E-state index in [1.165, 1.54) is 18.2 Å². The van der Waals surface area contributed by atoms with Gasteiger partial charge in [0, 0.05) is 35.3 Å². The number of hydrogen-bond donors (Lipinski definition) is 2. The lowest BCUT2D eigenvalue weighted by atomic mass is 9.99. The molecule has 4 aromatic rings. The van der Waals surface area contributed by atoms with Crippen LogP contribution in [-0.4, -0.2) is 21.6 Å². The summed E-state index contributed by atoms with van der Waals surface area (Å²) in [6.07, 6.45) is 5.06. The summed E-state index contributed by atoms with van der Waals surface area (Å²) in [6.45, 7) is 2.11. The van der Waals surface area contributed by atoms with Crippen LogP contribution in [0, 0.1) is 18.6 Å². The van der Waals surface area contributed by atoms with Gasteiger partial charge in [-0.15, -0.1) is 0 Å². The molecular formula is C24H19F2N5O. The number of aryl methyl sites for hydroxylation is 1. The lowest BCUT2D eigenvalue weighted by Gasteiger charge is -2.28. The van der Waals surface area contributed by atoms with Crippen molar-refractivity contribution in [3.05, 3.63) is 83.8 Å². The fraction of sp³-hybridized carbons (Fsp3) is 0.125. The number of aromatic nitrogens is 3. The van der Waals surface area contributed by atoms with Crippen molar-refractivity contribution in [2.75, 3.05) is 17.7 Å². The second-order valence-electron chi connectivity index (χ2n) is 7.57. The van der Waals surface area contributed by atoms with Gasteiger partial charge >= 0.3 is 0 Å². The summed E-state index contributed by atoms with van der Waals surface area (Å²) in [7, 11) is 0. The van der Waals surface area contributed by atoms with E-state index in [9.17, 15) is 8.78 Å². The molecule has 160 valence electrons. The molecule has 32 heavy (non-hydrogen) atoms. The molecule has 3 heterocycles. The van der Waals surface area contributed by atoms with Gasteiger partial charge in [0.05, 0.1) is 17.4 Å². The van der Waals surface area contributed by atoms with Gasteiger partial charge in [-0.1, -0.05) is 12.1 Å². The molecule has 0 amide bonds. The molecule has 0 saturated carbocycles. The zero-order chi connectivity index (χ0) is 22.2. The van der Waals surface area contributed by atoms with Gasteiger partial charge in [0.1, 0.15) is 24.0 Å². The first-order valence-corrected chi connectivity index (χ1v) is 10.0. The molecule has 0 spiro atoms. The van der Waals surface area contributed by atoms with Crippen LogP contribution in [0.3, 0.4) is 0 Å². The maximum atomic E-state index is 14.2. The zero-order valence-electron chi connectivity index (χ0n) is 17.1. The summed E-state index contributed by atoms with van der Waals surface area (Å²) < 4.78 is 34.2. The Balaban J connectivity index is 1.42. The molecule has 1 aliphatic heterocycles. The summed E-state index contributed by atoms with van der Waals surface area (Å²) in [5.74, 6) is -0.366. The van der Waals surface area contributed by atoms with Crippen molar-refractivity contribution in [3.63, 3.8) is 0 Å². The van der Waals surface area contributed by atoms with Crippen LogP contribution in [0.25, 0.3) is 22.4 Å². The Labute approximate surface area is 183 Å². The van der Waals surface area contributed by atoms with Crippen LogP contribution >= 0.6 is 0 Å². The molecule has 2 aromatic heterocycles. The van der Waals surface area contributed by atoms with Crippen LogP contribution in [0.1, 0.15) is 17.2 Å². The third-order valence-electron chi connectivity index (χ3n) is 5.45. The molecule has 6 nitrogen and oxygen atoms in total. The predicted molar refractivity (Wildman–Crippen MR) is 118 cm³/mol. The number of nitrogen functional groups attached to an aromatic ring is 1. The third-order valence-corrected chi connectivity index (χ3v) is 5.45. The summed E-state index contributed by atoms with van der Waals surface area (Å²) in [5.41, 5.74) is 10.6. The molecule has 0 bridgehead atoms. The van der Waals surface area contributed by atoms with Crippen LogP contribution < -0.4 is 15.8 Å². The van der Waals surface area contributed by atoms with Gasteiger partial charge in [0.25, 0.3) is 0 Å². The predicted octanol–water partition coefficient (Wildman–Crippen LogP) is 4.92. The van der Waals surface area contributed by atoms with E-state index in [0.717, 1.165) is 27.9 Å². The second-order valence-corrected chi connectivity index (χ2v) is 7.57. The number of pyridine rings is 1. The Morgan fingerprint density at radius 3 is 2.44 bits per heavy atom. The van der Waals surface area contributed by atoms with Crippen molar-refractivity contribution in [3.8, 4) is 28.1 Å². The van der Waals surface area contributed by atoms with Gasteiger partial charge in [-0.3, -0.25) is 4.98 Å². The first-order valence-electron chi connectivity index (χ1n) is 10.0. The Morgan fingerprint density at radius 2 is 1.72 bits per heavy atom. The Hall–Kier alpha value is -4.07. The average Bonchev–Trinajstić information content (AvgIpc) is 2.79. The smallest absolute Gasteiger partial charge is 0.219 e. The number of fused-ring (bicyclic) bond motifs is 1. The van der Waals surface area contributed by atoms with Gasteiger partial charge in [-0.25, -0.2) is 18.7 Å². The number of anilines is 2. The van der Waals surface area contributed by atoms with E-state index in [0.29, 0.717) is 11.4 Å². The molecule has 2 aromatic carbocycles. The highest BCUT2D eigenvalue weighted by Crippen LogP contribution is 2.38. The van der Waals surface area contributed by atoms with Gasteiger partial charge < -0.3 is 15.8 Å². The highest BCUT2D eigenvalue weighted by atomic mass is 19.1. The van der Waals surface area contributed by atoms with Crippen LogP contribution in [0.5, 0.6) is 5.75 Å². The minimum atomic E-state index is -0.612. The molecule has 5 rings (SSSR count). The molecule has 0 fully saturated rings. The van der Waals surface area contributed by atoms with Crippen LogP contribution in [0.4, 0.5) is 20.4 Å². The third kappa shape index (κ3) is 3.60. The number of benzene rings is 2. The number of ether oxygens (including phenoxy) is 1. The molecule has 0 saturated heterocycles. The number of halogens is 2.